The van der Waals surface area contributed by atoms with Gasteiger partial charge in [0.15, 0.2) is 0 Å². The predicted molar refractivity (Wildman–Crippen MR) is 218 cm³/mol. The minimum absolute atomic E-state index is 0.276. The summed E-state index contributed by atoms with van der Waals surface area (Å²) in [6, 6.07) is 0. The van der Waals surface area contributed by atoms with E-state index in [1.165, 1.54) is 154 Å². The van der Waals surface area contributed by atoms with Crippen molar-refractivity contribution in [2.75, 3.05) is 0 Å². The van der Waals surface area contributed by atoms with Crippen LogP contribution >= 0.6 is 0 Å². The van der Waals surface area contributed by atoms with Crippen LogP contribution in [0, 0.1) is 0 Å². The Kier molecular flexibility index (Phi) is 40.6. The number of rotatable bonds is 41. The smallest absolute Gasteiger partial charge is 0.313 e. The Morgan fingerprint density at radius 2 is 0.365 bits per heavy atom. The van der Waals surface area contributed by atoms with Gasteiger partial charge in [0.1, 0.15) is 0 Å². The average molecular weight is 735 g/mol. The van der Waals surface area contributed by atoms with E-state index in [0.29, 0.717) is 25.7 Å². The fraction of sp³-hybridized carbons (Fsp3) is 0.913. The first-order chi connectivity index (χ1) is 25.5. The second kappa shape index (κ2) is 42.0. The molecule has 0 N–H and O–H groups in total. The molecule has 0 saturated carbocycles. The van der Waals surface area contributed by atoms with Crippen LogP contribution < -0.4 is 0 Å². The van der Waals surface area contributed by atoms with Gasteiger partial charge in [0.25, 0.3) is 0 Å². The van der Waals surface area contributed by atoms with Crippen LogP contribution in [0.2, 0.25) is 0 Å². The third kappa shape index (κ3) is 41.0. The van der Waals surface area contributed by atoms with Crippen molar-refractivity contribution in [3.8, 4) is 0 Å². The summed E-state index contributed by atoms with van der Waals surface area (Å²) >= 11 is 0. The summed E-state index contributed by atoms with van der Waals surface area (Å²) in [6.45, 7) is 4.53. The molecular weight excluding hydrogens is 648 g/mol. The van der Waals surface area contributed by atoms with Crippen LogP contribution in [0.5, 0.6) is 0 Å². The summed E-state index contributed by atoms with van der Waals surface area (Å²) in [7, 11) is 0. The average Bonchev–Trinajstić information content (AvgIpc) is 3.12. The van der Waals surface area contributed by atoms with Crippen molar-refractivity contribution in [2.24, 2.45) is 0 Å². The zero-order valence-electron chi connectivity index (χ0n) is 34.7. The normalized spacial score (nSPS) is 11.2. The van der Waals surface area contributed by atoms with E-state index in [1.54, 1.807) is 0 Å². The third-order valence-electron chi connectivity index (χ3n) is 10.4. The lowest BCUT2D eigenvalue weighted by Gasteiger charge is -2.05. The molecule has 0 aliphatic heterocycles. The van der Waals surface area contributed by atoms with E-state index in [-0.39, 0.29) is 24.8 Å². The van der Waals surface area contributed by atoms with E-state index < -0.39 is 11.9 Å². The number of esters is 4. The van der Waals surface area contributed by atoms with Crippen molar-refractivity contribution in [3.05, 3.63) is 0 Å². The van der Waals surface area contributed by atoms with Crippen molar-refractivity contribution in [3.63, 3.8) is 0 Å². The van der Waals surface area contributed by atoms with Crippen LogP contribution in [0.15, 0.2) is 0 Å². The molecule has 0 unspecified atom stereocenters. The maximum atomic E-state index is 12.0. The molecule has 6 heteroatoms. The van der Waals surface area contributed by atoms with Gasteiger partial charge >= 0.3 is 23.9 Å². The Hall–Kier alpha value is -1.72. The van der Waals surface area contributed by atoms with Crippen LogP contribution in [0.25, 0.3) is 0 Å². The molecule has 0 aromatic rings. The first kappa shape index (κ1) is 50.3. The van der Waals surface area contributed by atoms with Crippen LogP contribution in [-0.4, -0.2) is 23.9 Å². The molecule has 0 atom stereocenters. The van der Waals surface area contributed by atoms with Crippen molar-refractivity contribution in [1.29, 1.82) is 0 Å². The van der Waals surface area contributed by atoms with E-state index in [1.807, 2.05) is 0 Å². The summed E-state index contributed by atoms with van der Waals surface area (Å²) in [5, 5.41) is 0. The fourth-order valence-electron chi connectivity index (χ4n) is 6.99. The van der Waals surface area contributed by atoms with Crippen LogP contribution in [-0.2, 0) is 28.7 Å². The van der Waals surface area contributed by atoms with Gasteiger partial charge in [0, 0.05) is 25.7 Å². The largest absolute Gasteiger partial charge is 0.393 e. The molecule has 0 aromatic heterocycles. The van der Waals surface area contributed by atoms with Gasteiger partial charge in [0.05, 0.1) is 0 Å². The Bertz CT molecular complexity index is 743. The van der Waals surface area contributed by atoms with Crippen LogP contribution in [0.3, 0.4) is 0 Å². The minimum atomic E-state index is -0.414. The molecule has 0 radical (unpaired) electrons. The van der Waals surface area contributed by atoms with Crippen molar-refractivity contribution >= 4 is 23.9 Å². The SMILES string of the molecule is CCCCCCCCCCCCCCCCCC(=O)OC(=O)CCCCCCCCC(=O)OC(=O)CCCCCCCCCCCCCCCCC. The highest BCUT2D eigenvalue weighted by molar-refractivity contribution is 5.85. The second-order valence-electron chi connectivity index (χ2n) is 15.7. The molecule has 0 bridgehead atoms. The van der Waals surface area contributed by atoms with Crippen molar-refractivity contribution in [2.45, 2.75) is 271 Å². The molecule has 0 amide bonds. The highest BCUT2D eigenvalue weighted by Gasteiger charge is 2.11. The fourth-order valence-corrected chi connectivity index (χ4v) is 6.99. The standard InChI is InChI=1S/C46H86O6/c1-3-5-7-9-11-13-15-17-19-21-23-25-27-31-35-39-43(47)51-45(49)41-37-33-29-30-34-38-42-46(50)52-44(48)40-36-32-28-26-24-22-20-18-16-14-12-10-8-6-4-2/h3-42H2,1-2H3. The van der Waals surface area contributed by atoms with Gasteiger partial charge in [0.2, 0.25) is 0 Å². The number of ether oxygens (including phenoxy) is 2. The molecule has 0 saturated heterocycles. The highest BCUT2D eigenvalue weighted by atomic mass is 16.6. The highest BCUT2D eigenvalue weighted by Crippen LogP contribution is 2.16. The lowest BCUT2D eigenvalue weighted by atomic mass is 10.0. The number of unbranched alkanes of at least 4 members (excludes halogenated alkanes) is 33. The predicted octanol–water partition coefficient (Wildman–Crippen LogP) is 14.8. The van der Waals surface area contributed by atoms with E-state index in [4.69, 9.17) is 9.47 Å². The van der Waals surface area contributed by atoms with E-state index in [9.17, 15) is 19.2 Å². The molecular formula is C46H86O6. The summed E-state index contributed by atoms with van der Waals surface area (Å²) in [5.41, 5.74) is 0. The van der Waals surface area contributed by atoms with Crippen molar-refractivity contribution < 1.29 is 28.7 Å². The summed E-state index contributed by atoms with van der Waals surface area (Å²) in [4.78, 5) is 47.9. The molecule has 6 nitrogen and oxygen atoms in total. The maximum absolute atomic E-state index is 12.0. The molecule has 0 spiro atoms. The van der Waals surface area contributed by atoms with E-state index >= 15 is 0 Å². The quantitative estimate of drug-likeness (QED) is 0.0353. The molecule has 306 valence electrons. The molecule has 0 aliphatic rings. The van der Waals surface area contributed by atoms with Gasteiger partial charge in [-0.2, -0.15) is 0 Å². The number of hydrogen-bond donors (Lipinski definition) is 0. The monoisotopic (exact) mass is 735 g/mol. The first-order valence-corrected chi connectivity index (χ1v) is 23.0. The summed E-state index contributed by atoms with van der Waals surface area (Å²) in [5.74, 6) is -1.61. The van der Waals surface area contributed by atoms with Gasteiger partial charge in [-0.05, 0) is 25.7 Å². The Morgan fingerprint density at radius 3 is 0.519 bits per heavy atom. The number of hydrogen-bond acceptors (Lipinski definition) is 6. The molecule has 0 heterocycles. The van der Waals surface area contributed by atoms with E-state index in [0.717, 1.165) is 64.2 Å². The van der Waals surface area contributed by atoms with Gasteiger partial charge < -0.3 is 9.47 Å². The second-order valence-corrected chi connectivity index (χ2v) is 15.7. The lowest BCUT2D eigenvalue weighted by Crippen LogP contribution is -2.12. The Labute approximate surface area is 322 Å². The maximum Gasteiger partial charge on any atom is 0.313 e. The van der Waals surface area contributed by atoms with E-state index in [2.05, 4.69) is 13.8 Å². The van der Waals surface area contributed by atoms with Crippen molar-refractivity contribution in [1.82, 2.24) is 0 Å². The Morgan fingerprint density at radius 1 is 0.231 bits per heavy atom. The van der Waals surface area contributed by atoms with Gasteiger partial charge in [-0.3, -0.25) is 19.2 Å². The zero-order chi connectivity index (χ0) is 38.0. The third-order valence-corrected chi connectivity index (χ3v) is 10.4. The van der Waals surface area contributed by atoms with Crippen LogP contribution in [0.4, 0.5) is 0 Å². The Balaban J connectivity index is 3.42. The molecule has 0 aliphatic carbocycles. The zero-order valence-corrected chi connectivity index (χ0v) is 34.7. The topological polar surface area (TPSA) is 86.7 Å². The van der Waals surface area contributed by atoms with Gasteiger partial charge in [-0.15, -0.1) is 0 Å². The van der Waals surface area contributed by atoms with Crippen LogP contribution in [0.1, 0.15) is 271 Å². The lowest BCUT2D eigenvalue weighted by molar-refractivity contribution is -0.161. The minimum Gasteiger partial charge on any atom is -0.393 e. The summed E-state index contributed by atoms with van der Waals surface area (Å²) in [6.07, 6.45) is 44.8. The molecule has 0 fully saturated rings. The number of carbonyl (C=O) groups excluding carboxylic acids is 4. The van der Waals surface area contributed by atoms with Gasteiger partial charge in [-0.1, -0.05) is 219 Å². The molecule has 0 rings (SSSR count). The number of carbonyl (C=O) groups is 4. The molecule has 0 aromatic carbocycles. The van der Waals surface area contributed by atoms with Gasteiger partial charge in [-0.25, -0.2) is 0 Å². The molecule has 52 heavy (non-hydrogen) atoms. The first-order valence-electron chi connectivity index (χ1n) is 23.0. The summed E-state index contributed by atoms with van der Waals surface area (Å²) < 4.78 is 9.98.